The number of methoxy groups -OCH3 is 2. The Kier molecular flexibility index (Phi) is 16.3. The molecule has 0 spiro atoms. The van der Waals surface area contributed by atoms with Gasteiger partial charge in [-0.1, -0.05) is 52.7 Å². The van der Waals surface area contributed by atoms with Gasteiger partial charge in [-0.2, -0.15) is 4.98 Å². The van der Waals surface area contributed by atoms with Gasteiger partial charge in [0.2, 0.25) is 5.88 Å². The molecular formula is C39H54F4N4O3. The number of rotatable bonds is 12. The van der Waals surface area contributed by atoms with E-state index in [1.165, 1.54) is 58.3 Å². The molecule has 50 heavy (non-hydrogen) atoms. The van der Waals surface area contributed by atoms with E-state index in [-0.39, 0.29) is 29.4 Å². The van der Waals surface area contributed by atoms with Crippen molar-refractivity contribution < 1.29 is 31.8 Å². The maximum atomic E-state index is 14.8. The van der Waals surface area contributed by atoms with Crippen molar-refractivity contribution in [2.24, 2.45) is 11.8 Å². The number of aromatic nitrogens is 4. The van der Waals surface area contributed by atoms with Gasteiger partial charge in [0.25, 0.3) is 11.8 Å². The number of alkyl halides is 2. The largest absolute Gasteiger partial charge is 0.490 e. The van der Waals surface area contributed by atoms with E-state index in [1.807, 2.05) is 13.8 Å². The van der Waals surface area contributed by atoms with E-state index in [0.717, 1.165) is 42.9 Å². The minimum absolute atomic E-state index is 0.0150. The van der Waals surface area contributed by atoms with Crippen LogP contribution in [0.5, 0.6) is 17.5 Å². The molecule has 0 saturated heterocycles. The third kappa shape index (κ3) is 11.8. The van der Waals surface area contributed by atoms with Gasteiger partial charge in [0.15, 0.2) is 11.6 Å². The maximum absolute atomic E-state index is 14.8. The zero-order valence-corrected chi connectivity index (χ0v) is 31.7. The highest BCUT2D eigenvalue weighted by Crippen LogP contribution is 2.45. The number of benzene rings is 1. The monoisotopic (exact) mass is 702 g/mol. The van der Waals surface area contributed by atoms with Gasteiger partial charge in [0, 0.05) is 18.4 Å². The first kappa shape index (κ1) is 42.1. The first-order valence-corrected chi connectivity index (χ1v) is 17.1. The van der Waals surface area contributed by atoms with Crippen LogP contribution in [-0.4, -0.2) is 40.1 Å². The SMILES string of the molecule is C/C=C(\C)C(C)(F)F.CCC(C)=C(C)c1c(F)cc(COc2nc(-c3c(OC)ncnc3C3CC3)ncc2OC)cc1F.CCC(C)C(C)C. The second kappa shape index (κ2) is 19.4. The molecule has 2 heterocycles. The molecule has 1 atom stereocenters. The van der Waals surface area contributed by atoms with Crippen LogP contribution in [0.15, 0.2) is 41.9 Å². The third-order valence-corrected chi connectivity index (χ3v) is 9.10. The summed E-state index contributed by atoms with van der Waals surface area (Å²) in [6, 6.07) is 2.55. The molecule has 0 aliphatic heterocycles. The van der Waals surface area contributed by atoms with Gasteiger partial charge in [-0.25, -0.2) is 32.5 Å². The van der Waals surface area contributed by atoms with Crippen molar-refractivity contribution in [3.8, 4) is 28.9 Å². The standard InChI is InChI=1S/C26H28F2N4O3.C7H16.C6H10F2/c1-6-14(2)15(3)21-18(27)9-16(10-19(21)28)12-35-25-20(33-4)11-29-24(32-25)22-23(17-7-8-17)30-13-31-26(22)34-5;1-5-7(4)6(2)3;1-4-5(2)6(3,7)8/h9-11,13,17H,6-8,12H2,1-5H3;6-7H,5H2,1-4H3;4H,1-3H3/b;;5-4+. The lowest BCUT2D eigenvalue weighted by molar-refractivity contribution is 0.0633. The predicted molar refractivity (Wildman–Crippen MR) is 192 cm³/mol. The fourth-order valence-corrected chi connectivity index (χ4v) is 4.55. The average molecular weight is 703 g/mol. The number of halogens is 4. The first-order chi connectivity index (χ1) is 23.5. The lowest BCUT2D eigenvalue weighted by Gasteiger charge is -2.14. The highest BCUT2D eigenvalue weighted by Gasteiger charge is 2.32. The molecule has 0 amide bonds. The highest BCUT2D eigenvalue weighted by molar-refractivity contribution is 5.68. The Morgan fingerprint density at radius 2 is 1.58 bits per heavy atom. The van der Waals surface area contributed by atoms with Crippen LogP contribution >= 0.6 is 0 Å². The molecule has 0 radical (unpaired) electrons. The van der Waals surface area contributed by atoms with Gasteiger partial charge in [-0.05, 0) is 87.6 Å². The molecule has 1 fully saturated rings. The molecule has 1 aliphatic carbocycles. The Hall–Kier alpha value is -4.02. The molecule has 0 bridgehead atoms. The molecule has 276 valence electrons. The summed E-state index contributed by atoms with van der Waals surface area (Å²) in [6.45, 7) is 18.4. The van der Waals surface area contributed by atoms with Gasteiger partial charge in [0.05, 0.1) is 26.1 Å². The van der Waals surface area contributed by atoms with E-state index in [1.54, 1.807) is 13.8 Å². The smallest absolute Gasteiger partial charge is 0.266 e. The predicted octanol–water partition coefficient (Wildman–Crippen LogP) is 11.2. The van der Waals surface area contributed by atoms with Crippen molar-refractivity contribution in [3.63, 3.8) is 0 Å². The summed E-state index contributed by atoms with van der Waals surface area (Å²) in [6.07, 6.45) is 8.43. The zero-order chi connectivity index (χ0) is 37.8. The van der Waals surface area contributed by atoms with Crippen molar-refractivity contribution in [1.29, 1.82) is 0 Å². The van der Waals surface area contributed by atoms with E-state index in [2.05, 4.69) is 47.6 Å². The van der Waals surface area contributed by atoms with Gasteiger partial charge in [-0.3, -0.25) is 0 Å². The Morgan fingerprint density at radius 3 is 2.00 bits per heavy atom. The van der Waals surface area contributed by atoms with Gasteiger partial charge in [0.1, 0.15) is 30.1 Å². The van der Waals surface area contributed by atoms with Crippen molar-refractivity contribution in [1.82, 2.24) is 19.9 Å². The number of hydrogen-bond acceptors (Lipinski definition) is 7. The number of nitrogens with zero attached hydrogens (tertiary/aromatic N) is 4. The molecule has 11 heteroatoms. The summed E-state index contributed by atoms with van der Waals surface area (Å²) in [5.41, 5.74) is 3.38. The van der Waals surface area contributed by atoms with Crippen LogP contribution in [0.25, 0.3) is 17.0 Å². The number of allylic oxidation sites excluding steroid dienone is 4. The Labute approximate surface area is 295 Å². The molecule has 0 N–H and O–H groups in total. The Morgan fingerprint density at radius 1 is 0.960 bits per heavy atom. The maximum Gasteiger partial charge on any atom is 0.266 e. The normalized spacial score (nSPS) is 14.1. The summed E-state index contributed by atoms with van der Waals surface area (Å²) < 4.78 is 70.3. The van der Waals surface area contributed by atoms with Crippen LogP contribution in [0.2, 0.25) is 0 Å². The van der Waals surface area contributed by atoms with E-state index < -0.39 is 17.6 Å². The summed E-state index contributed by atoms with van der Waals surface area (Å²) >= 11 is 0. The molecule has 2 aromatic heterocycles. The lowest BCUT2D eigenvalue weighted by atomic mass is 9.96. The molecule has 1 aromatic carbocycles. The Balaban J connectivity index is 0.000000483. The highest BCUT2D eigenvalue weighted by atomic mass is 19.3. The van der Waals surface area contributed by atoms with E-state index in [0.29, 0.717) is 40.7 Å². The molecule has 7 nitrogen and oxygen atoms in total. The van der Waals surface area contributed by atoms with Gasteiger partial charge in [-0.15, -0.1) is 0 Å². The van der Waals surface area contributed by atoms with Gasteiger partial charge >= 0.3 is 0 Å². The van der Waals surface area contributed by atoms with E-state index in [4.69, 9.17) is 14.2 Å². The van der Waals surface area contributed by atoms with Crippen molar-refractivity contribution in [2.75, 3.05) is 14.2 Å². The van der Waals surface area contributed by atoms with Crippen molar-refractivity contribution in [2.45, 2.75) is 113 Å². The second-order valence-electron chi connectivity index (χ2n) is 13.0. The fraction of sp³-hybridized carbons (Fsp3) is 0.538. The molecule has 3 aromatic rings. The molecule has 4 rings (SSSR count). The van der Waals surface area contributed by atoms with Crippen LogP contribution in [-0.2, 0) is 6.61 Å². The van der Waals surface area contributed by atoms with Crippen LogP contribution in [0.1, 0.15) is 118 Å². The Bertz CT molecular complexity index is 1590. The number of ether oxygens (including phenoxy) is 3. The first-order valence-electron chi connectivity index (χ1n) is 17.1. The lowest BCUT2D eigenvalue weighted by Crippen LogP contribution is -2.10. The van der Waals surface area contributed by atoms with Crippen molar-refractivity contribution in [3.05, 3.63) is 70.3 Å². The van der Waals surface area contributed by atoms with E-state index in [9.17, 15) is 17.6 Å². The second-order valence-corrected chi connectivity index (χ2v) is 13.0. The van der Waals surface area contributed by atoms with Crippen LogP contribution in [0.3, 0.4) is 0 Å². The molecule has 1 unspecified atom stereocenters. The quantitative estimate of drug-likeness (QED) is 0.137. The van der Waals surface area contributed by atoms with Crippen LogP contribution < -0.4 is 14.2 Å². The zero-order valence-electron chi connectivity index (χ0n) is 31.7. The summed E-state index contributed by atoms with van der Waals surface area (Å²) in [5, 5.41) is 0. The van der Waals surface area contributed by atoms with Crippen LogP contribution in [0.4, 0.5) is 17.6 Å². The van der Waals surface area contributed by atoms with Crippen LogP contribution in [0, 0.1) is 23.5 Å². The molecule has 1 aliphatic rings. The van der Waals surface area contributed by atoms with Crippen molar-refractivity contribution >= 4 is 5.57 Å². The van der Waals surface area contributed by atoms with Gasteiger partial charge < -0.3 is 14.2 Å². The fourth-order valence-electron chi connectivity index (χ4n) is 4.55. The minimum atomic E-state index is -2.63. The summed E-state index contributed by atoms with van der Waals surface area (Å²) in [4.78, 5) is 17.5. The number of hydrogen-bond donors (Lipinski definition) is 0. The average Bonchev–Trinajstić information content (AvgIpc) is 3.94. The third-order valence-electron chi connectivity index (χ3n) is 9.10. The molecular weight excluding hydrogens is 648 g/mol. The summed E-state index contributed by atoms with van der Waals surface area (Å²) in [5.74, 6) is -0.726. The molecule has 1 saturated carbocycles. The minimum Gasteiger partial charge on any atom is -0.490 e. The topological polar surface area (TPSA) is 79.3 Å². The van der Waals surface area contributed by atoms with E-state index >= 15 is 0 Å². The summed E-state index contributed by atoms with van der Waals surface area (Å²) in [7, 11) is 2.99.